The van der Waals surface area contributed by atoms with Gasteiger partial charge in [-0.1, -0.05) is 19.3 Å². The Kier molecular flexibility index (Phi) is 4.68. The molecule has 1 saturated carbocycles. The van der Waals surface area contributed by atoms with Crippen molar-refractivity contribution in [3.8, 4) is 27.2 Å². The van der Waals surface area contributed by atoms with Crippen LogP contribution in [0.15, 0.2) is 49.1 Å². The largest absolute Gasteiger partial charge is 0.253 e. The number of benzene rings is 1. The highest BCUT2D eigenvalue weighted by molar-refractivity contribution is 7.18. The van der Waals surface area contributed by atoms with E-state index in [0.717, 1.165) is 50.4 Å². The Bertz CT molecular complexity index is 1400. The topological polar surface area (TPSA) is 95.2 Å². The lowest BCUT2D eigenvalue weighted by Gasteiger charge is -2.23. The number of hydrogen-bond donors (Lipinski definition) is 0. The fourth-order valence-corrected chi connectivity index (χ4v) is 4.91. The molecule has 1 aliphatic rings. The van der Waals surface area contributed by atoms with Gasteiger partial charge in [0.25, 0.3) is 0 Å². The van der Waals surface area contributed by atoms with Crippen LogP contribution < -0.4 is 0 Å². The van der Waals surface area contributed by atoms with Gasteiger partial charge in [0.2, 0.25) is 0 Å². The molecule has 0 N–H and O–H groups in total. The highest BCUT2D eigenvalue weighted by atomic mass is 32.1. The first-order valence-electron chi connectivity index (χ1n) is 10.7. The summed E-state index contributed by atoms with van der Waals surface area (Å²) in [6.07, 6.45) is 11.6. The van der Waals surface area contributed by atoms with Crippen molar-refractivity contribution in [3.63, 3.8) is 0 Å². The van der Waals surface area contributed by atoms with Crippen LogP contribution in [0.1, 0.15) is 30.8 Å². The van der Waals surface area contributed by atoms with E-state index in [1.807, 2.05) is 29.8 Å². The number of fused-ring (bicyclic) bond motifs is 1. The zero-order valence-corrected chi connectivity index (χ0v) is 18.3. The second-order valence-electron chi connectivity index (χ2n) is 8.00. The molecule has 8 nitrogen and oxygen atoms in total. The van der Waals surface area contributed by atoms with Crippen molar-refractivity contribution >= 4 is 22.4 Å². The van der Waals surface area contributed by atoms with E-state index in [-0.39, 0.29) is 0 Å². The van der Waals surface area contributed by atoms with Crippen molar-refractivity contribution in [1.29, 1.82) is 0 Å². The fraction of sp³-hybridized carbons (Fsp3) is 0.261. The van der Waals surface area contributed by atoms with Gasteiger partial charge in [-0.25, -0.2) is 24.6 Å². The van der Waals surface area contributed by atoms with Crippen molar-refractivity contribution in [2.24, 2.45) is 5.92 Å². The molecule has 6 rings (SSSR count). The molecule has 5 aromatic rings. The summed E-state index contributed by atoms with van der Waals surface area (Å²) in [5, 5.41) is 5.69. The Morgan fingerprint density at radius 3 is 2.56 bits per heavy atom. The maximum absolute atomic E-state index is 4.97. The quantitative estimate of drug-likeness (QED) is 0.399. The standard InChI is InChI=1S/C23H20N8S/c1-14-20(32-23(28-14)21-26-8-3-9-27-21)22-29-19(12-15-4-2-5-15)30-31(22)16-6-7-17-18(13-16)25-11-10-24-17/h3,6-11,13,15H,2,4-5,12H2,1H3. The monoisotopic (exact) mass is 440 g/mol. The molecule has 32 heavy (non-hydrogen) atoms. The van der Waals surface area contributed by atoms with E-state index in [1.54, 1.807) is 42.2 Å². The molecule has 0 aliphatic heterocycles. The third kappa shape index (κ3) is 3.44. The first-order valence-corrected chi connectivity index (χ1v) is 11.5. The third-order valence-corrected chi connectivity index (χ3v) is 6.95. The molecule has 9 heteroatoms. The fourth-order valence-electron chi connectivity index (χ4n) is 3.92. The van der Waals surface area contributed by atoms with Gasteiger partial charge >= 0.3 is 0 Å². The first kappa shape index (κ1) is 19.1. The zero-order chi connectivity index (χ0) is 21.5. The van der Waals surface area contributed by atoms with Gasteiger partial charge in [-0.15, -0.1) is 11.3 Å². The smallest absolute Gasteiger partial charge is 0.188 e. The second-order valence-corrected chi connectivity index (χ2v) is 9.00. The van der Waals surface area contributed by atoms with Crippen LogP contribution in [0.25, 0.3) is 38.3 Å². The normalized spacial score (nSPS) is 14.0. The third-order valence-electron chi connectivity index (χ3n) is 5.80. The Morgan fingerprint density at radius 2 is 1.78 bits per heavy atom. The minimum Gasteiger partial charge on any atom is -0.253 e. The van der Waals surface area contributed by atoms with Crippen LogP contribution in [0.3, 0.4) is 0 Å². The van der Waals surface area contributed by atoms with Crippen LogP contribution in [-0.4, -0.2) is 39.7 Å². The number of nitrogens with zero attached hydrogens (tertiary/aromatic N) is 8. The van der Waals surface area contributed by atoms with E-state index in [2.05, 4.69) is 19.9 Å². The first-order chi connectivity index (χ1) is 15.7. The molecule has 4 heterocycles. The number of rotatable bonds is 5. The van der Waals surface area contributed by atoms with Crippen LogP contribution in [0.5, 0.6) is 0 Å². The summed E-state index contributed by atoms with van der Waals surface area (Å²) in [6.45, 7) is 1.99. The molecule has 4 aromatic heterocycles. The Morgan fingerprint density at radius 1 is 0.969 bits per heavy atom. The molecule has 1 aromatic carbocycles. The average Bonchev–Trinajstić information content (AvgIpc) is 3.40. The van der Waals surface area contributed by atoms with Crippen LogP contribution in [-0.2, 0) is 6.42 Å². The molecule has 0 spiro atoms. The van der Waals surface area contributed by atoms with Crippen LogP contribution in [0.4, 0.5) is 0 Å². The molecule has 0 bridgehead atoms. The molecule has 0 atom stereocenters. The van der Waals surface area contributed by atoms with Crippen LogP contribution >= 0.6 is 11.3 Å². The molecule has 1 aliphatic carbocycles. The minimum atomic E-state index is 0.619. The maximum Gasteiger partial charge on any atom is 0.188 e. The molecule has 0 unspecified atom stereocenters. The van der Waals surface area contributed by atoms with Gasteiger partial charge in [-0.3, -0.25) is 9.97 Å². The molecular weight excluding hydrogens is 420 g/mol. The van der Waals surface area contributed by atoms with Crippen LogP contribution in [0, 0.1) is 12.8 Å². The van der Waals surface area contributed by atoms with Crippen LogP contribution in [0.2, 0.25) is 0 Å². The lowest BCUT2D eigenvalue weighted by molar-refractivity contribution is 0.309. The van der Waals surface area contributed by atoms with Gasteiger partial charge in [0.1, 0.15) is 0 Å². The van der Waals surface area contributed by atoms with Crippen molar-refractivity contribution in [3.05, 3.63) is 60.6 Å². The molecular formula is C23H20N8S. The summed E-state index contributed by atoms with van der Waals surface area (Å²) >= 11 is 1.54. The Labute approximate surface area is 188 Å². The van der Waals surface area contributed by atoms with E-state index in [4.69, 9.17) is 15.1 Å². The van der Waals surface area contributed by atoms with E-state index < -0.39 is 0 Å². The number of thiazole rings is 1. The van der Waals surface area contributed by atoms with Crippen molar-refractivity contribution in [1.82, 2.24) is 39.7 Å². The van der Waals surface area contributed by atoms with Gasteiger partial charge in [0, 0.05) is 31.2 Å². The van der Waals surface area contributed by atoms with Gasteiger partial charge in [-0.2, -0.15) is 5.10 Å². The molecule has 1 fully saturated rings. The van der Waals surface area contributed by atoms with E-state index in [1.165, 1.54) is 19.3 Å². The summed E-state index contributed by atoms with van der Waals surface area (Å²) < 4.78 is 1.91. The lowest BCUT2D eigenvalue weighted by Crippen LogP contribution is -2.14. The number of aryl methyl sites for hydroxylation is 1. The second kappa shape index (κ2) is 7.83. The highest BCUT2D eigenvalue weighted by Gasteiger charge is 2.24. The summed E-state index contributed by atoms with van der Waals surface area (Å²) in [5.74, 6) is 2.96. The lowest BCUT2D eigenvalue weighted by atomic mass is 9.83. The van der Waals surface area contributed by atoms with E-state index in [9.17, 15) is 0 Å². The number of hydrogen-bond acceptors (Lipinski definition) is 8. The van der Waals surface area contributed by atoms with Crippen molar-refractivity contribution in [2.75, 3.05) is 0 Å². The van der Waals surface area contributed by atoms with Crippen molar-refractivity contribution in [2.45, 2.75) is 32.6 Å². The SMILES string of the molecule is Cc1nc(-c2ncccn2)sc1-c1nc(CC2CCC2)nn1-c1ccc2nccnc2c1. The van der Waals surface area contributed by atoms with E-state index >= 15 is 0 Å². The Balaban J connectivity index is 1.48. The van der Waals surface area contributed by atoms with Gasteiger partial charge < -0.3 is 0 Å². The predicted molar refractivity (Wildman–Crippen MR) is 122 cm³/mol. The zero-order valence-electron chi connectivity index (χ0n) is 17.5. The summed E-state index contributed by atoms with van der Waals surface area (Å²) in [6, 6.07) is 7.79. The van der Waals surface area contributed by atoms with Crippen molar-refractivity contribution < 1.29 is 0 Å². The molecule has 0 saturated heterocycles. The van der Waals surface area contributed by atoms with Gasteiger partial charge in [0.15, 0.2) is 22.5 Å². The van der Waals surface area contributed by atoms with E-state index in [0.29, 0.717) is 11.7 Å². The molecule has 0 amide bonds. The average molecular weight is 441 g/mol. The number of aromatic nitrogens is 8. The predicted octanol–water partition coefficient (Wildman–Crippen LogP) is 4.44. The van der Waals surface area contributed by atoms with Gasteiger partial charge in [-0.05, 0) is 37.1 Å². The summed E-state index contributed by atoms with van der Waals surface area (Å²) in [4.78, 5) is 28.2. The summed E-state index contributed by atoms with van der Waals surface area (Å²) in [7, 11) is 0. The Hall–Kier alpha value is -3.59. The molecule has 0 radical (unpaired) electrons. The summed E-state index contributed by atoms with van der Waals surface area (Å²) in [5.41, 5.74) is 3.48. The van der Waals surface area contributed by atoms with Gasteiger partial charge in [0.05, 0.1) is 27.3 Å². The maximum atomic E-state index is 4.97. The molecule has 158 valence electrons. The highest BCUT2D eigenvalue weighted by Crippen LogP contribution is 2.35. The minimum absolute atomic E-state index is 0.619.